The topological polar surface area (TPSA) is 37.3 Å². The second-order valence-corrected chi connectivity index (χ2v) is 4.62. The van der Waals surface area contributed by atoms with Gasteiger partial charge in [0.1, 0.15) is 0 Å². The van der Waals surface area contributed by atoms with Crippen LogP contribution >= 0.6 is 0 Å². The maximum atomic E-state index is 11.7. The Hall–Kier alpha value is -1.15. The van der Waals surface area contributed by atoms with Gasteiger partial charge in [-0.25, -0.2) is 4.21 Å². The summed E-state index contributed by atoms with van der Waals surface area (Å²) < 4.78 is 11.7. The Balaban J connectivity index is 2.42. The summed E-state index contributed by atoms with van der Waals surface area (Å²) in [7, 11) is -1.11. The second kappa shape index (κ2) is 8.05. The third-order valence-corrected chi connectivity index (χ3v) is 3.11. The first-order valence-corrected chi connectivity index (χ1v) is 6.53. The van der Waals surface area contributed by atoms with E-state index < -0.39 is 10.8 Å². The highest BCUT2D eigenvalue weighted by Crippen LogP contribution is 2.05. The predicted octanol–water partition coefficient (Wildman–Crippen LogP) is 2.63. The molecule has 1 aromatic carbocycles. The van der Waals surface area contributed by atoms with Crippen LogP contribution in [0.3, 0.4) is 0 Å². The van der Waals surface area contributed by atoms with E-state index in [0.717, 1.165) is 24.2 Å². The molecule has 1 N–H and O–H groups in total. The molecule has 0 radical (unpaired) electrons. The molecule has 0 saturated carbocycles. The van der Waals surface area contributed by atoms with E-state index in [1.807, 2.05) is 36.4 Å². The van der Waals surface area contributed by atoms with Crippen LogP contribution in [0.4, 0.5) is 0 Å². The SMILES string of the molecule is O=S(C=C=CCCCCO)c1ccccc1. The molecule has 0 amide bonds. The second-order valence-electron chi connectivity index (χ2n) is 3.32. The summed E-state index contributed by atoms with van der Waals surface area (Å²) in [5.74, 6) is 0. The molecular weight excluding hydrogens is 220 g/mol. The van der Waals surface area contributed by atoms with E-state index in [9.17, 15) is 4.21 Å². The van der Waals surface area contributed by atoms with Gasteiger partial charge < -0.3 is 5.11 Å². The smallest absolute Gasteiger partial charge is 0.0854 e. The first kappa shape index (κ1) is 12.9. The number of rotatable bonds is 6. The summed E-state index contributed by atoms with van der Waals surface area (Å²) in [5, 5.41) is 10.1. The van der Waals surface area contributed by atoms with Crippen molar-refractivity contribution in [1.82, 2.24) is 0 Å². The summed E-state index contributed by atoms with van der Waals surface area (Å²) in [4.78, 5) is 0.791. The molecule has 1 rings (SSSR count). The van der Waals surface area contributed by atoms with E-state index in [1.165, 1.54) is 0 Å². The highest BCUT2D eigenvalue weighted by atomic mass is 32.2. The fourth-order valence-electron chi connectivity index (χ4n) is 1.17. The molecule has 0 aromatic heterocycles. The first-order chi connectivity index (χ1) is 7.84. The monoisotopic (exact) mass is 236 g/mol. The standard InChI is InChI=1S/C13H16O2S/c14-11-7-2-1-3-8-12-16(15)13-9-5-4-6-10-13/h3-6,9-10,12,14H,1-2,7,11H2. The third kappa shape index (κ3) is 5.08. The Morgan fingerprint density at radius 3 is 2.69 bits per heavy atom. The fraction of sp³-hybridized carbons (Fsp3) is 0.308. The Morgan fingerprint density at radius 1 is 1.25 bits per heavy atom. The van der Waals surface area contributed by atoms with Crippen molar-refractivity contribution < 1.29 is 9.32 Å². The predicted molar refractivity (Wildman–Crippen MR) is 66.4 cm³/mol. The summed E-state index contributed by atoms with van der Waals surface area (Å²) >= 11 is 0. The van der Waals surface area contributed by atoms with Crippen LogP contribution in [0.25, 0.3) is 0 Å². The van der Waals surface area contributed by atoms with Gasteiger partial charge in [0.2, 0.25) is 0 Å². The van der Waals surface area contributed by atoms with Crippen LogP contribution in [0.5, 0.6) is 0 Å². The summed E-state index contributed by atoms with van der Waals surface area (Å²) in [5.41, 5.74) is 2.91. The zero-order valence-corrected chi connectivity index (χ0v) is 9.95. The van der Waals surface area contributed by atoms with Crippen molar-refractivity contribution in [3.63, 3.8) is 0 Å². The molecule has 1 unspecified atom stereocenters. The van der Waals surface area contributed by atoms with Gasteiger partial charge in [-0.15, -0.1) is 5.73 Å². The van der Waals surface area contributed by atoms with Crippen molar-refractivity contribution in [2.45, 2.75) is 24.2 Å². The zero-order valence-electron chi connectivity index (χ0n) is 9.13. The molecule has 2 nitrogen and oxygen atoms in total. The maximum absolute atomic E-state index is 11.7. The van der Waals surface area contributed by atoms with Crippen molar-refractivity contribution in [1.29, 1.82) is 0 Å². The van der Waals surface area contributed by atoms with Gasteiger partial charge in [0.15, 0.2) is 0 Å². The largest absolute Gasteiger partial charge is 0.396 e. The van der Waals surface area contributed by atoms with Crippen molar-refractivity contribution in [2.75, 3.05) is 6.61 Å². The summed E-state index contributed by atoms with van der Waals surface area (Å²) in [6.07, 6.45) is 4.47. The lowest BCUT2D eigenvalue weighted by Crippen LogP contribution is -1.83. The molecule has 0 aliphatic rings. The fourth-order valence-corrected chi connectivity index (χ4v) is 1.96. The number of unbranched alkanes of at least 4 members (excludes halogenated alkanes) is 2. The number of aliphatic hydroxyl groups excluding tert-OH is 1. The molecule has 1 atom stereocenters. The lowest BCUT2D eigenvalue weighted by molar-refractivity contribution is 0.285. The van der Waals surface area contributed by atoms with Crippen LogP contribution in [0.1, 0.15) is 19.3 Å². The van der Waals surface area contributed by atoms with Gasteiger partial charge >= 0.3 is 0 Å². The number of benzene rings is 1. The minimum Gasteiger partial charge on any atom is -0.396 e. The Morgan fingerprint density at radius 2 is 2.00 bits per heavy atom. The minimum atomic E-state index is -1.11. The maximum Gasteiger partial charge on any atom is 0.0854 e. The van der Waals surface area contributed by atoms with Crippen molar-refractivity contribution in [3.05, 3.63) is 47.5 Å². The van der Waals surface area contributed by atoms with E-state index in [4.69, 9.17) is 5.11 Å². The van der Waals surface area contributed by atoms with Crippen LogP contribution in [0.2, 0.25) is 0 Å². The van der Waals surface area contributed by atoms with Crippen LogP contribution in [0.15, 0.2) is 52.4 Å². The van der Waals surface area contributed by atoms with E-state index >= 15 is 0 Å². The summed E-state index contributed by atoms with van der Waals surface area (Å²) in [6.45, 7) is 0.230. The number of allylic oxidation sites excluding steroid dienone is 1. The van der Waals surface area contributed by atoms with Crippen LogP contribution < -0.4 is 0 Å². The molecule has 3 heteroatoms. The van der Waals surface area contributed by atoms with Crippen molar-refractivity contribution in [2.24, 2.45) is 0 Å². The molecule has 0 aliphatic carbocycles. The lowest BCUT2D eigenvalue weighted by atomic mass is 10.2. The molecule has 16 heavy (non-hydrogen) atoms. The zero-order chi connectivity index (χ0) is 11.6. The lowest BCUT2D eigenvalue weighted by Gasteiger charge is -1.92. The van der Waals surface area contributed by atoms with Gasteiger partial charge in [0.25, 0.3) is 0 Å². The average Bonchev–Trinajstić information content (AvgIpc) is 2.34. The molecular formula is C13H16O2S. The summed E-state index contributed by atoms with van der Waals surface area (Å²) in [6, 6.07) is 9.30. The highest BCUT2D eigenvalue weighted by molar-refractivity contribution is 7.88. The molecule has 1 aromatic rings. The third-order valence-electron chi connectivity index (χ3n) is 2.03. The number of aliphatic hydroxyl groups is 1. The average molecular weight is 236 g/mol. The Kier molecular flexibility index (Phi) is 6.50. The molecule has 0 saturated heterocycles. The van der Waals surface area contributed by atoms with Crippen LogP contribution in [-0.4, -0.2) is 15.9 Å². The van der Waals surface area contributed by atoms with E-state index in [2.05, 4.69) is 5.73 Å². The van der Waals surface area contributed by atoms with Crippen LogP contribution in [0, 0.1) is 0 Å². The first-order valence-electron chi connectivity index (χ1n) is 5.32. The van der Waals surface area contributed by atoms with E-state index in [0.29, 0.717) is 0 Å². The van der Waals surface area contributed by atoms with E-state index in [1.54, 1.807) is 5.41 Å². The van der Waals surface area contributed by atoms with Gasteiger partial charge in [-0.3, -0.25) is 0 Å². The molecule has 0 heterocycles. The van der Waals surface area contributed by atoms with Gasteiger partial charge in [-0.2, -0.15) is 0 Å². The Labute approximate surface area is 98.8 Å². The van der Waals surface area contributed by atoms with Gasteiger partial charge in [-0.05, 0) is 37.5 Å². The quantitative estimate of drug-likeness (QED) is 0.609. The molecule has 0 spiro atoms. The van der Waals surface area contributed by atoms with E-state index in [-0.39, 0.29) is 6.61 Å². The Bertz CT molecular complexity index is 378. The minimum absolute atomic E-state index is 0.230. The number of hydrogen-bond donors (Lipinski definition) is 1. The van der Waals surface area contributed by atoms with Crippen molar-refractivity contribution >= 4 is 10.8 Å². The van der Waals surface area contributed by atoms with Crippen LogP contribution in [-0.2, 0) is 10.8 Å². The number of hydrogen-bond acceptors (Lipinski definition) is 2. The molecule has 0 fully saturated rings. The molecule has 0 aliphatic heterocycles. The molecule has 0 bridgehead atoms. The van der Waals surface area contributed by atoms with Gasteiger partial charge in [0, 0.05) is 16.9 Å². The van der Waals surface area contributed by atoms with Crippen molar-refractivity contribution in [3.8, 4) is 0 Å². The van der Waals surface area contributed by atoms with Gasteiger partial charge in [-0.1, -0.05) is 18.2 Å². The normalized spacial score (nSPS) is 11.6. The highest BCUT2D eigenvalue weighted by Gasteiger charge is 1.95. The molecule has 86 valence electrons. The van der Waals surface area contributed by atoms with Gasteiger partial charge in [0.05, 0.1) is 10.8 Å².